The molecule has 0 unspecified atom stereocenters. The lowest BCUT2D eigenvalue weighted by Crippen LogP contribution is -2.39. The summed E-state index contributed by atoms with van der Waals surface area (Å²) in [4.78, 5) is 29.5. The van der Waals surface area contributed by atoms with Crippen molar-refractivity contribution in [1.29, 1.82) is 0 Å². The number of aryl methyl sites for hydroxylation is 1. The summed E-state index contributed by atoms with van der Waals surface area (Å²) in [6.07, 6.45) is 1.66. The van der Waals surface area contributed by atoms with Crippen LogP contribution in [0.1, 0.15) is 18.2 Å². The van der Waals surface area contributed by atoms with Crippen molar-refractivity contribution in [2.45, 2.75) is 20.4 Å². The third-order valence-corrected chi connectivity index (χ3v) is 3.75. The summed E-state index contributed by atoms with van der Waals surface area (Å²) >= 11 is 6.09. The van der Waals surface area contributed by atoms with E-state index in [1.807, 2.05) is 31.2 Å². The molecule has 0 aliphatic heterocycles. The maximum absolute atomic E-state index is 12.1. The molecule has 0 saturated carbocycles. The van der Waals surface area contributed by atoms with Crippen LogP contribution in [0.5, 0.6) is 0 Å². The Morgan fingerprint density at radius 3 is 2.65 bits per heavy atom. The minimum Gasteiger partial charge on any atom is -0.349 e. The Hall–Kier alpha value is -2.40. The summed E-state index contributed by atoms with van der Waals surface area (Å²) in [6.45, 7) is 3.55. The van der Waals surface area contributed by atoms with Crippen LogP contribution in [0, 0.1) is 6.92 Å². The van der Waals surface area contributed by atoms with Gasteiger partial charge in [0, 0.05) is 23.8 Å². The number of carbonyl (C=O) groups excluding carboxylic acids is 2. The van der Waals surface area contributed by atoms with Crippen LogP contribution in [0.25, 0.3) is 0 Å². The second-order valence-electron chi connectivity index (χ2n) is 5.14. The van der Waals surface area contributed by atoms with E-state index < -0.39 is 0 Å². The Balaban J connectivity index is 2.02. The van der Waals surface area contributed by atoms with Crippen LogP contribution in [0.4, 0.5) is 5.69 Å². The molecule has 1 heterocycles. The van der Waals surface area contributed by atoms with Gasteiger partial charge in [0.15, 0.2) is 0 Å². The Morgan fingerprint density at radius 2 is 2.04 bits per heavy atom. The lowest BCUT2D eigenvalue weighted by molar-refractivity contribution is -0.123. The van der Waals surface area contributed by atoms with Gasteiger partial charge in [-0.05, 0) is 36.8 Å². The molecular weight excluding hydrogens is 314 g/mol. The highest BCUT2D eigenvalue weighted by Crippen LogP contribution is 2.23. The van der Waals surface area contributed by atoms with E-state index in [-0.39, 0.29) is 18.4 Å². The predicted octanol–water partition coefficient (Wildman–Crippen LogP) is 2.71. The van der Waals surface area contributed by atoms with Gasteiger partial charge < -0.3 is 10.2 Å². The zero-order valence-electron chi connectivity index (χ0n) is 13.0. The summed E-state index contributed by atoms with van der Waals surface area (Å²) in [6, 6.07) is 10.8. The summed E-state index contributed by atoms with van der Waals surface area (Å²) < 4.78 is 0. The highest BCUT2D eigenvalue weighted by Gasteiger charge is 2.16. The molecule has 0 atom stereocenters. The van der Waals surface area contributed by atoms with Crippen LogP contribution >= 0.6 is 11.6 Å². The lowest BCUT2D eigenvalue weighted by atomic mass is 10.2. The van der Waals surface area contributed by atoms with Gasteiger partial charge in [0.25, 0.3) is 0 Å². The number of hydrogen-bond acceptors (Lipinski definition) is 3. The maximum atomic E-state index is 12.1. The topological polar surface area (TPSA) is 62.3 Å². The summed E-state index contributed by atoms with van der Waals surface area (Å²) in [7, 11) is 0. The van der Waals surface area contributed by atoms with Crippen molar-refractivity contribution in [2.24, 2.45) is 0 Å². The molecule has 0 radical (unpaired) electrons. The van der Waals surface area contributed by atoms with E-state index >= 15 is 0 Å². The first-order chi connectivity index (χ1) is 11.0. The minimum absolute atomic E-state index is 0.0679. The summed E-state index contributed by atoms with van der Waals surface area (Å²) in [5.74, 6) is -0.486. The van der Waals surface area contributed by atoms with Gasteiger partial charge in [0.1, 0.15) is 6.54 Å². The number of nitrogens with zero attached hydrogens (tertiary/aromatic N) is 2. The van der Waals surface area contributed by atoms with E-state index in [2.05, 4.69) is 10.3 Å². The van der Waals surface area contributed by atoms with Crippen LogP contribution in [-0.2, 0) is 16.1 Å². The number of carbonyl (C=O) groups is 2. The van der Waals surface area contributed by atoms with Crippen molar-refractivity contribution in [2.75, 3.05) is 11.4 Å². The number of rotatable bonds is 5. The molecule has 2 rings (SSSR count). The molecule has 1 aromatic heterocycles. The fourth-order valence-corrected chi connectivity index (χ4v) is 2.20. The van der Waals surface area contributed by atoms with Crippen LogP contribution in [0.15, 0.2) is 42.6 Å². The Kier molecular flexibility index (Phi) is 5.71. The van der Waals surface area contributed by atoms with Gasteiger partial charge in [-0.1, -0.05) is 23.7 Å². The molecule has 0 aliphatic carbocycles. The number of benzene rings is 1. The standard InChI is InChI=1S/C17H18ClN3O2/c1-12-6-7-15(9-16(12)18)21(13(2)22)11-17(23)20-10-14-5-3-4-8-19-14/h3-9H,10-11H2,1-2H3,(H,20,23). The molecule has 1 aromatic carbocycles. The van der Waals surface area contributed by atoms with E-state index in [1.165, 1.54) is 11.8 Å². The Bertz CT molecular complexity index is 704. The lowest BCUT2D eigenvalue weighted by Gasteiger charge is -2.21. The molecule has 0 bridgehead atoms. The van der Waals surface area contributed by atoms with Gasteiger partial charge in [0.05, 0.1) is 12.2 Å². The van der Waals surface area contributed by atoms with Crippen LogP contribution < -0.4 is 10.2 Å². The molecule has 23 heavy (non-hydrogen) atoms. The van der Waals surface area contributed by atoms with Gasteiger partial charge in [-0.15, -0.1) is 0 Å². The Morgan fingerprint density at radius 1 is 1.26 bits per heavy atom. The minimum atomic E-state index is -0.262. The molecule has 0 spiro atoms. The molecule has 2 amide bonds. The number of aromatic nitrogens is 1. The molecule has 2 aromatic rings. The van der Waals surface area contributed by atoms with Gasteiger partial charge in [-0.2, -0.15) is 0 Å². The number of pyridine rings is 1. The van der Waals surface area contributed by atoms with Gasteiger partial charge in [-0.3, -0.25) is 14.6 Å². The van der Waals surface area contributed by atoms with Crippen LogP contribution in [-0.4, -0.2) is 23.3 Å². The first-order valence-electron chi connectivity index (χ1n) is 7.18. The monoisotopic (exact) mass is 331 g/mol. The first-order valence-corrected chi connectivity index (χ1v) is 7.56. The van der Waals surface area contributed by atoms with Gasteiger partial charge >= 0.3 is 0 Å². The number of hydrogen-bond donors (Lipinski definition) is 1. The second-order valence-corrected chi connectivity index (χ2v) is 5.54. The zero-order valence-corrected chi connectivity index (χ0v) is 13.8. The van der Waals surface area contributed by atoms with Crippen LogP contribution in [0.2, 0.25) is 5.02 Å². The molecule has 0 aliphatic rings. The predicted molar refractivity (Wildman–Crippen MR) is 90.3 cm³/mol. The number of amides is 2. The molecule has 0 saturated heterocycles. The van der Waals surface area contributed by atoms with E-state index in [0.29, 0.717) is 17.3 Å². The first kappa shape index (κ1) is 17.0. The van der Waals surface area contributed by atoms with E-state index in [1.54, 1.807) is 18.3 Å². The third kappa shape index (κ3) is 4.79. The average Bonchev–Trinajstić information content (AvgIpc) is 2.54. The average molecular weight is 332 g/mol. The van der Waals surface area contributed by atoms with Crippen molar-refractivity contribution in [3.05, 3.63) is 58.9 Å². The highest BCUT2D eigenvalue weighted by molar-refractivity contribution is 6.31. The second kappa shape index (κ2) is 7.74. The normalized spacial score (nSPS) is 10.2. The van der Waals surface area contributed by atoms with E-state index in [0.717, 1.165) is 11.3 Å². The van der Waals surface area contributed by atoms with Crippen molar-refractivity contribution in [3.8, 4) is 0 Å². The third-order valence-electron chi connectivity index (χ3n) is 3.34. The highest BCUT2D eigenvalue weighted by atomic mass is 35.5. The fourth-order valence-electron chi connectivity index (χ4n) is 2.03. The van der Waals surface area contributed by atoms with Gasteiger partial charge in [0.2, 0.25) is 11.8 Å². The number of halogens is 1. The quantitative estimate of drug-likeness (QED) is 0.916. The summed E-state index contributed by atoms with van der Waals surface area (Å²) in [5, 5.41) is 3.31. The van der Waals surface area contributed by atoms with E-state index in [4.69, 9.17) is 11.6 Å². The number of nitrogens with one attached hydrogen (secondary N) is 1. The van der Waals surface area contributed by atoms with Gasteiger partial charge in [-0.25, -0.2) is 0 Å². The molecule has 120 valence electrons. The molecule has 5 nitrogen and oxygen atoms in total. The molecule has 1 N–H and O–H groups in total. The smallest absolute Gasteiger partial charge is 0.240 e. The summed E-state index contributed by atoms with van der Waals surface area (Å²) in [5.41, 5.74) is 2.27. The largest absolute Gasteiger partial charge is 0.349 e. The van der Waals surface area contributed by atoms with E-state index in [9.17, 15) is 9.59 Å². The van der Waals surface area contributed by atoms with Crippen LogP contribution in [0.3, 0.4) is 0 Å². The van der Waals surface area contributed by atoms with Crippen molar-refractivity contribution < 1.29 is 9.59 Å². The van der Waals surface area contributed by atoms with Crippen molar-refractivity contribution in [1.82, 2.24) is 10.3 Å². The Labute approximate surface area is 140 Å². The van der Waals surface area contributed by atoms with Crippen molar-refractivity contribution in [3.63, 3.8) is 0 Å². The van der Waals surface area contributed by atoms with Crippen molar-refractivity contribution >= 4 is 29.1 Å². The SMILES string of the molecule is CC(=O)N(CC(=O)NCc1ccccn1)c1ccc(C)c(Cl)c1. The molecule has 0 fully saturated rings. The molecular formula is C17H18ClN3O2. The maximum Gasteiger partial charge on any atom is 0.240 e. The molecule has 6 heteroatoms. The zero-order chi connectivity index (χ0) is 16.8. The number of anilines is 1. The fraction of sp³-hybridized carbons (Fsp3) is 0.235.